The molecule has 3 rings (SSSR count). The number of rotatable bonds is 7. The van der Waals surface area contributed by atoms with Crippen LogP contribution in [0.2, 0.25) is 0 Å². The van der Waals surface area contributed by atoms with E-state index in [1.807, 2.05) is 55.5 Å². The first-order chi connectivity index (χ1) is 14.0. The number of carbonyl (C=O) groups is 2. The SMILES string of the molecule is Cc1cc(Br)ccc1OCC(=O)Nc1ccc(C(=O)NCc2ccccc2)cc1. The van der Waals surface area contributed by atoms with Crippen molar-refractivity contribution in [1.29, 1.82) is 0 Å². The van der Waals surface area contributed by atoms with E-state index in [-0.39, 0.29) is 18.4 Å². The van der Waals surface area contributed by atoms with Crippen LogP contribution >= 0.6 is 15.9 Å². The van der Waals surface area contributed by atoms with Crippen molar-refractivity contribution < 1.29 is 14.3 Å². The van der Waals surface area contributed by atoms with E-state index in [4.69, 9.17) is 4.74 Å². The van der Waals surface area contributed by atoms with Crippen molar-refractivity contribution in [3.63, 3.8) is 0 Å². The van der Waals surface area contributed by atoms with Gasteiger partial charge in [0.15, 0.2) is 6.61 Å². The summed E-state index contributed by atoms with van der Waals surface area (Å²) in [7, 11) is 0. The van der Waals surface area contributed by atoms with Crippen LogP contribution in [0, 0.1) is 6.92 Å². The highest BCUT2D eigenvalue weighted by Gasteiger charge is 2.08. The highest BCUT2D eigenvalue weighted by molar-refractivity contribution is 9.10. The van der Waals surface area contributed by atoms with Gasteiger partial charge < -0.3 is 15.4 Å². The quantitative estimate of drug-likeness (QED) is 0.545. The molecule has 148 valence electrons. The van der Waals surface area contributed by atoms with Crippen LogP contribution in [0.3, 0.4) is 0 Å². The number of amides is 2. The van der Waals surface area contributed by atoms with Gasteiger partial charge >= 0.3 is 0 Å². The molecule has 0 aliphatic carbocycles. The van der Waals surface area contributed by atoms with Gasteiger partial charge in [0, 0.05) is 22.3 Å². The lowest BCUT2D eigenvalue weighted by molar-refractivity contribution is -0.118. The van der Waals surface area contributed by atoms with Gasteiger partial charge in [0.2, 0.25) is 0 Å². The Morgan fingerprint density at radius 2 is 1.69 bits per heavy atom. The standard InChI is InChI=1S/C23H21BrN2O3/c1-16-13-19(24)9-12-21(16)29-15-22(27)26-20-10-7-18(8-11-20)23(28)25-14-17-5-3-2-4-6-17/h2-13H,14-15H2,1H3,(H,25,28)(H,26,27). The van der Waals surface area contributed by atoms with Crippen molar-refractivity contribution >= 4 is 33.4 Å². The molecule has 0 unspecified atom stereocenters. The molecule has 0 aliphatic heterocycles. The number of hydrogen-bond donors (Lipinski definition) is 2. The van der Waals surface area contributed by atoms with Crippen LogP contribution in [-0.2, 0) is 11.3 Å². The van der Waals surface area contributed by atoms with Crippen molar-refractivity contribution in [1.82, 2.24) is 5.32 Å². The van der Waals surface area contributed by atoms with Crippen LogP contribution in [0.15, 0.2) is 77.3 Å². The molecular weight excluding hydrogens is 432 g/mol. The van der Waals surface area contributed by atoms with E-state index in [0.717, 1.165) is 15.6 Å². The summed E-state index contributed by atoms with van der Waals surface area (Å²) in [5.41, 5.74) is 3.11. The zero-order chi connectivity index (χ0) is 20.6. The van der Waals surface area contributed by atoms with Crippen LogP contribution in [0.25, 0.3) is 0 Å². The maximum Gasteiger partial charge on any atom is 0.262 e. The molecule has 3 aromatic rings. The minimum absolute atomic E-state index is 0.0955. The molecular formula is C23H21BrN2O3. The number of halogens is 1. The molecule has 2 amide bonds. The van der Waals surface area contributed by atoms with Gasteiger partial charge in [0.1, 0.15) is 5.75 Å². The molecule has 0 saturated carbocycles. The number of nitrogens with one attached hydrogen (secondary N) is 2. The fraction of sp³-hybridized carbons (Fsp3) is 0.130. The van der Waals surface area contributed by atoms with Crippen LogP contribution in [0.5, 0.6) is 5.75 Å². The summed E-state index contributed by atoms with van der Waals surface area (Å²) in [5, 5.41) is 5.64. The Bertz CT molecular complexity index is 989. The summed E-state index contributed by atoms with van der Waals surface area (Å²) in [6, 6.07) is 22.1. The monoisotopic (exact) mass is 452 g/mol. The predicted octanol–water partition coefficient (Wildman–Crippen LogP) is 4.71. The zero-order valence-corrected chi connectivity index (χ0v) is 17.5. The van der Waals surface area contributed by atoms with Crippen LogP contribution in [0.4, 0.5) is 5.69 Å². The molecule has 0 aliphatic rings. The Hall–Kier alpha value is -3.12. The minimum Gasteiger partial charge on any atom is -0.483 e. The Balaban J connectivity index is 1.49. The number of ether oxygens (including phenoxy) is 1. The van der Waals surface area contributed by atoms with E-state index in [0.29, 0.717) is 23.5 Å². The second-order valence-electron chi connectivity index (χ2n) is 6.49. The highest BCUT2D eigenvalue weighted by atomic mass is 79.9. The van der Waals surface area contributed by atoms with Gasteiger partial charge in [0.05, 0.1) is 0 Å². The molecule has 3 aromatic carbocycles. The third-order valence-electron chi connectivity index (χ3n) is 4.22. The lowest BCUT2D eigenvalue weighted by atomic mass is 10.1. The third-order valence-corrected chi connectivity index (χ3v) is 4.72. The Morgan fingerprint density at radius 3 is 2.38 bits per heavy atom. The summed E-state index contributed by atoms with van der Waals surface area (Å²) < 4.78 is 6.52. The topological polar surface area (TPSA) is 67.4 Å². The normalized spacial score (nSPS) is 10.3. The Labute approximate surface area is 178 Å². The van der Waals surface area contributed by atoms with Gasteiger partial charge in [-0.05, 0) is 60.5 Å². The molecule has 0 radical (unpaired) electrons. The molecule has 0 aromatic heterocycles. The molecule has 0 atom stereocenters. The minimum atomic E-state index is -0.270. The average molecular weight is 453 g/mol. The van der Waals surface area contributed by atoms with E-state index in [2.05, 4.69) is 26.6 Å². The van der Waals surface area contributed by atoms with Gasteiger partial charge in [-0.25, -0.2) is 0 Å². The van der Waals surface area contributed by atoms with Crippen molar-refractivity contribution in [3.8, 4) is 5.75 Å². The molecule has 0 spiro atoms. The molecule has 2 N–H and O–H groups in total. The summed E-state index contributed by atoms with van der Waals surface area (Å²) in [6.07, 6.45) is 0. The van der Waals surface area contributed by atoms with Crippen LogP contribution in [-0.4, -0.2) is 18.4 Å². The lowest BCUT2D eigenvalue weighted by Crippen LogP contribution is -2.23. The second kappa shape index (κ2) is 9.89. The molecule has 29 heavy (non-hydrogen) atoms. The zero-order valence-electron chi connectivity index (χ0n) is 15.9. The highest BCUT2D eigenvalue weighted by Crippen LogP contribution is 2.22. The van der Waals surface area contributed by atoms with E-state index < -0.39 is 0 Å². The first-order valence-electron chi connectivity index (χ1n) is 9.12. The van der Waals surface area contributed by atoms with Crippen molar-refractivity contribution in [2.24, 2.45) is 0 Å². The van der Waals surface area contributed by atoms with Gasteiger partial charge in [-0.1, -0.05) is 46.3 Å². The van der Waals surface area contributed by atoms with Gasteiger partial charge in [-0.3, -0.25) is 9.59 Å². The first-order valence-corrected chi connectivity index (χ1v) is 9.91. The van der Waals surface area contributed by atoms with Crippen molar-refractivity contribution in [2.45, 2.75) is 13.5 Å². The first kappa shape index (κ1) is 20.6. The second-order valence-corrected chi connectivity index (χ2v) is 7.41. The third kappa shape index (κ3) is 6.19. The molecule has 5 nitrogen and oxygen atoms in total. The summed E-state index contributed by atoms with van der Waals surface area (Å²) in [5.74, 6) is 0.225. The summed E-state index contributed by atoms with van der Waals surface area (Å²) in [6.45, 7) is 2.28. The lowest BCUT2D eigenvalue weighted by Gasteiger charge is -2.10. The Morgan fingerprint density at radius 1 is 0.966 bits per heavy atom. The van der Waals surface area contributed by atoms with Crippen molar-refractivity contribution in [3.05, 3.63) is 94.0 Å². The van der Waals surface area contributed by atoms with Crippen molar-refractivity contribution in [2.75, 3.05) is 11.9 Å². The van der Waals surface area contributed by atoms with Crippen LogP contribution < -0.4 is 15.4 Å². The molecule has 0 bridgehead atoms. The van der Waals surface area contributed by atoms with Crippen LogP contribution in [0.1, 0.15) is 21.5 Å². The summed E-state index contributed by atoms with van der Waals surface area (Å²) >= 11 is 3.39. The fourth-order valence-corrected chi connectivity index (χ4v) is 3.18. The number of aryl methyl sites for hydroxylation is 1. The predicted molar refractivity (Wildman–Crippen MR) is 117 cm³/mol. The van der Waals surface area contributed by atoms with E-state index in [9.17, 15) is 9.59 Å². The molecule has 0 saturated heterocycles. The number of anilines is 1. The number of benzene rings is 3. The van der Waals surface area contributed by atoms with E-state index >= 15 is 0 Å². The molecule has 0 heterocycles. The fourth-order valence-electron chi connectivity index (χ4n) is 2.70. The Kier molecular flexibility index (Phi) is 7.03. The van der Waals surface area contributed by atoms with Gasteiger partial charge in [-0.15, -0.1) is 0 Å². The number of carbonyl (C=O) groups excluding carboxylic acids is 2. The molecule has 6 heteroatoms. The molecule has 0 fully saturated rings. The smallest absolute Gasteiger partial charge is 0.262 e. The van der Waals surface area contributed by atoms with E-state index in [1.54, 1.807) is 24.3 Å². The van der Waals surface area contributed by atoms with E-state index in [1.165, 1.54) is 0 Å². The number of hydrogen-bond acceptors (Lipinski definition) is 3. The maximum atomic E-state index is 12.2. The van der Waals surface area contributed by atoms with Gasteiger partial charge in [0.25, 0.3) is 11.8 Å². The summed E-state index contributed by atoms with van der Waals surface area (Å²) in [4.78, 5) is 24.4. The average Bonchev–Trinajstić information content (AvgIpc) is 2.72. The maximum absolute atomic E-state index is 12.2. The largest absolute Gasteiger partial charge is 0.483 e. The van der Waals surface area contributed by atoms with Gasteiger partial charge in [-0.2, -0.15) is 0 Å².